The van der Waals surface area contributed by atoms with E-state index >= 15 is 0 Å². The smallest absolute Gasteiger partial charge is 0.276 e. The van der Waals surface area contributed by atoms with Gasteiger partial charge in [0.1, 0.15) is 5.82 Å². The molecule has 21 heavy (non-hydrogen) atoms. The number of anilines is 2. The molecule has 0 radical (unpaired) electrons. The van der Waals surface area contributed by atoms with E-state index in [1.165, 1.54) is 0 Å². The molecule has 1 amide bonds. The highest BCUT2D eigenvalue weighted by Crippen LogP contribution is 2.20. The van der Waals surface area contributed by atoms with E-state index in [4.69, 9.17) is 0 Å². The molecule has 1 aromatic carbocycles. The highest BCUT2D eigenvalue weighted by atomic mass is 16.1. The minimum Gasteiger partial charge on any atom is -0.365 e. The van der Waals surface area contributed by atoms with Crippen LogP contribution in [-0.2, 0) is 0 Å². The number of amides is 1. The van der Waals surface area contributed by atoms with Gasteiger partial charge in [0.25, 0.3) is 5.91 Å². The molecule has 0 saturated carbocycles. The molecule has 0 unspecified atom stereocenters. The number of carbonyl (C=O) groups is 1. The van der Waals surface area contributed by atoms with E-state index in [-0.39, 0.29) is 11.6 Å². The second-order valence-electron chi connectivity index (χ2n) is 4.69. The van der Waals surface area contributed by atoms with Crippen LogP contribution >= 0.6 is 0 Å². The number of carbonyl (C=O) groups excluding carboxylic acids is 1. The van der Waals surface area contributed by atoms with E-state index in [0.29, 0.717) is 12.4 Å². The fourth-order valence-corrected chi connectivity index (χ4v) is 1.91. The largest absolute Gasteiger partial charge is 0.365 e. The number of hydrogen-bond donors (Lipinski definition) is 2. The fourth-order valence-electron chi connectivity index (χ4n) is 1.91. The number of hydrogen-bond acceptors (Lipinski definition) is 4. The molecule has 0 atom stereocenters. The number of benzene rings is 1. The van der Waals surface area contributed by atoms with Gasteiger partial charge in [-0.25, -0.2) is 0 Å². The Hall–Kier alpha value is -2.69. The van der Waals surface area contributed by atoms with Gasteiger partial charge in [0.15, 0.2) is 5.69 Å². The first-order chi connectivity index (χ1) is 10.1. The molecule has 0 spiro atoms. The number of aromatic nitrogens is 2. The van der Waals surface area contributed by atoms with Crippen molar-refractivity contribution < 1.29 is 4.79 Å². The normalized spacial score (nSPS) is 10.0. The van der Waals surface area contributed by atoms with Crippen molar-refractivity contribution in [2.45, 2.75) is 13.8 Å². The predicted octanol–water partition coefficient (Wildman–Crippen LogP) is 2.94. The average Bonchev–Trinajstić information content (AvgIpc) is 2.49. The van der Waals surface area contributed by atoms with Gasteiger partial charge >= 0.3 is 0 Å². The molecule has 5 heteroatoms. The van der Waals surface area contributed by atoms with Crippen LogP contribution in [0, 0.1) is 13.8 Å². The lowest BCUT2D eigenvalue weighted by Crippen LogP contribution is -2.16. The number of nitrogens with zero attached hydrogens (tertiary/aromatic N) is 2. The van der Waals surface area contributed by atoms with E-state index in [1.54, 1.807) is 18.2 Å². The Morgan fingerprint density at radius 2 is 1.90 bits per heavy atom. The highest BCUT2D eigenvalue weighted by molar-refractivity contribution is 6.03. The van der Waals surface area contributed by atoms with E-state index in [0.717, 1.165) is 16.8 Å². The Kier molecular flexibility index (Phi) is 4.66. The molecule has 2 N–H and O–H groups in total. The monoisotopic (exact) mass is 282 g/mol. The molecule has 1 heterocycles. The van der Waals surface area contributed by atoms with Crippen LogP contribution in [0.5, 0.6) is 0 Å². The summed E-state index contributed by atoms with van der Waals surface area (Å²) in [5.41, 5.74) is 3.13. The number of aryl methyl sites for hydroxylation is 2. The SMILES string of the molecule is C=CCNc1ccc(C(=O)Nc2c(C)cccc2C)nn1. The Bertz CT molecular complexity index is 630. The van der Waals surface area contributed by atoms with Crippen LogP contribution in [0.1, 0.15) is 21.6 Å². The Balaban J connectivity index is 2.11. The van der Waals surface area contributed by atoms with Gasteiger partial charge in [0.2, 0.25) is 0 Å². The van der Waals surface area contributed by atoms with Crippen LogP contribution in [0.4, 0.5) is 11.5 Å². The first-order valence-corrected chi connectivity index (χ1v) is 6.68. The quantitative estimate of drug-likeness (QED) is 0.827. The molecule has 2 aromatic rings. The standard InChI is InChI=1S/C16H18N4O/c1-4-10-17-14-9-8-13(19-20-14)16(21)18-15-11(2)6-5-7-12(15)3/h4-9H,1,10H2,2-3H3,(H,17,20)(H,18,21). The van der Waals surface area contributed by atoms with Crippen molar-refractivity contribution in [3.05, 3.63) is 59.8 Å². The van der Waals surface area contributed by atoms with Crippen molar-refractivity contribution in [2.24, 2.45) is 0 Å². The first kappa shape index (κ1) is 14.7. The molecule has 0 aliphatic heterocycles. The van der Waals surface area contributed by atoms with Crippen LogP contribution < -0.4 is 10.6 Å². The molecule has 0 bridgehead atoms. The van der Waals surface area contributed by atoms with Crippen LogP contribution in [0.25, 0.3) is 0 Å². The number of para-hydroxylation sites is 1. The van der Waals surface area contributed by atoms with Crippen molar-refractivity contribution in [2.75, 3.05) is 17.2 Å². The van der Waals surface area contributed by atoms with Crippen molar-refractivity contribution in [1.82, 2.24) is 10.2 Å². The molecule has 0 fully saturated rings. The zero-order valence-electron chi connectivity index (χ0n) is 12.2. The van der Waals surface area contributed by atoms with Gasteiger partial charge in [0.05, 0.1) is 0 Å². The molecule has 0 aliphatic rings. The Labute approximate surface area is 124 Å². The molecular weight excluding hydrogens is 264 g/mol. The lowest BCUT2D eigenvalue weighted by molar-refractivity contribution is 0.102. The summed E-state index contributed by atoms with van der Waals surface area (Å²) in [6.07, 6.45) is 1.73. The summed E-state index contributed by atoms with van der Waals surface area (Å²) in [5.74, 6) is 0.341. The minimum absolute atomic E-state index is 0.268. The summed E-state index contributed by atoms with van der Waals surface area (Å²) in [6.45, 7) is 8.12. The lowest BCUT2D eigenvalue weighted by atomic mass is 10.1. The van der Waals surface area contributed by atoms with Gasteiger partial charge in [0, 0.05) is 12.2 Å². The number of nitrogens with one attached hydrogen (secondary N) is 2. The van der Waals surface area contributed by atoms with Gasteiger partial charge in [-0.05, 0) is 37.1 Å². The zero-order valence-corrected chi connectivity index (χ0v) is 12.2. The summed E-state index contributed by atoms with van der Waals surface area (Å²) in [5, 5.41) is 13.8. The molecule has 5 nitrogen and oxygen atoms in total. The maximum absolute atomic E-state index is 12.2. The van der Waals surface area contributed by atoms with E-state index in [2.05, 4.69) is 27.4 Å². The van der Waals surface area contributed by atoms with Gasteiger partial charge < -0.3 is 10.6 Å². The van der Waals surface area contributed by atoms with Gasteiger partial charge in [-0.2, -0.15) is 0 Å². The number of rotatable bonds is 5. The lowest BCUT2D eigenvalue weighted by Gasteiger charge is -2.11. The Morgan fingerprint density at radius 3 is 2.48 bits per heavy atom. The second-order valence-corrected chi connectivity index (χ2v) is 4.69. The molecule has 0 saturated heterocycles. The summed E-state index contributed by atoms with van der Waals surface area (Å²) >= 11 is 0. The topological polar surface area (TPSA) is 66.9 Å². The zero-order chi connectivity index (χ0) is 15.2. The Morgan fingerprint density at radius 1 is 1.19 bits per heavy atom. The van der Waals surface area contributed by atoms with Gasteiger partial charge in [-0.15, -0.1) is 16.8 Å². The molecule has 2 rings (SSSR count). The average molecular weight is 282 g/mol. The van der Waals surface area contributed by atoms with E-state index in [9.17, 15) is 4.79 Å². The predicted molar refractivity (Wildman–Crippen MR) is 84.6 cm³/mol. The van der Waals surface area contributed by atoms with Crippen LogP contribution in [-0.4, -0.2) is 22.6 Å². The first-order valence-electron chi connectivity index (χ1n) is 6.68. The van der Waals surface area contributed by atoms with Crippen molar-refractivity contribution in [3.8, 4) is 0 Å². The third kappa shape index (κ3) is 3.66. The minimum atomic E-state index is -0.268. The van der Waals surface area contributed by atoms with Crippen molar-refractivity contribution >= 4 is 17.4 Å². The highest BCUT2D eigenvalue weighted by Gasteiger charge is 2.11. The van der Waals surface area contributed by atoms with Gasteiger partial charge in [-0.1, -0.05) is 24.3 Å². The molecule has 1 aromatic heterocycles. The molecule has 0 aliphatic carbocycles. The van der Waals surface area contributed by atoms with E-state index < -0.39 is 0 Å². The van der Waals surface area contributed by atoms with Crippen LogP contribution in [0.3, 0.4) is 0 Å². The van der Waals surface area contributed by atoms with Gasteiger partial charge in [-0.3, -0.25) is 4.79 Å². The third-order valence-corrected chi connectivity index (χ3v) is 3.04. The van der Waals surface area contributed by atoms with Crippen LogP contribution in [0.2, 0.25) is 0 Å². The maximum atomic E-state index is 12.2. The second kappa shape index (κ2) is 6.65. The molecular formula is C16H18N4O. The summed E-state index contributed by atoms with van der Waals surface area (Å²) in [6, 6.07) is 9.23. The maximum Gasteiger partial charge on any atom is 0.276 e. The van der Waals surface area contributed by atoms with E-state index in [1.807, 2.05) is 32.0 Å². The summed E-state index contributed by atoms with van der Waals surface area (Å²) < 4.78 is 0. The summed E-state index contributed by atoms with van der Waals surface area (Å²) in [7, 11) is 0. The fraction of sp³-hybridized carbons (Fsp3) is 0.188. The third-order valence-electron chi connectivity index (χ3n) is 3.04. The summed E-state index contributed by atoms with van der Waals surface area (Å²) in [4.78, 5) is 12.2. The van der Waals surface area contributed by atoms with Crippen LogP contribution in [0.15, 0.2) is 43.0 Å². The van der Waals surface area contributed by atoms with Crippen molar-refractivity contribution in [3.63, 3.8) is 0 Å². The molecule has 108 valence electrons. The van der Waals surface area contributed by atoms with Crippen molar-refractivity contribution in [1.29, 1.82) is 0 Å².